The molecular formula is C16H21Br2NO2. The summed E-state index contributed by atoms with van der Waals surface area (Å²) in [5.74, 6) is 1.53. The molecule has 0 amide bonds. The lowest BCUT2D eigenvalue weighted by molar-refractivity contribution is 0.181. The summed E-state index contributed by atoms with van der Waals surface area (Å²) >= 11 is 7.14. The van der Waals surface area contributed by atoms with E-state index in [1.807, 2.05) is 6.92 Å². The molecule has 3 nitrogen and oxygen atoms in total. The number of halogens is 2. The lowest BCUT2D eigenvalue weighted by Gasteiger charge is -2.26. The van der Waals surface area contributed by atoms with Crippen LogP contribution < -0.4 is 0 Å². The van der Waals surface area contributed by atoms with Crippen LogP contribution in [-0.4, -0.2) is 18.5 Å². The van der Waals surface area contributed by atoms with Gasteiger partial charge in [-0.3, -0.25) is 0 Å². The van der Waals surface area contributed by atoms with Gasteiger partial charge < -0.3 is 9.47 Å². The van der Waals surface area contributed by atoms with Crippen molar-refractivity contribution in [3.05, 3.63) is 32.7 Å². The molecule has 0 spiro atoms. The van der Waals surface area contributed by atoms with Crippen LogP contribution in [0.3, 0.4) is 0 Å². The van der Waals surface area contributed by atoms with Crippen molar-refractivity contribution in [2.24, 2.45) is 0 Å². The Kier molecular flexibility index (Phi) is 7.55. The molecule has 0 aromatic rings. The summed E-state index contributed by atoms with van der Waals surface area (Å²) in [6, 6.07) is 2.32. The highest BCUT2D eigenvalue weighted by atomic mass is 79.9. The Labute approximate surface area is 143 Å². The van der Waals surface area contributed by atoms with E-state index in [-0.39, 0.29) is 4.83 Å². The molecular weight excluding hydrogens is 398 g/mol. The van der Waals surface area contributed by atoms with Crippen LogP contribution in [0.25, 0.3) is 0 Å². The molecule has 1 unspecified atom stereocenters. The zero-order valence-electron chi connectivity index (χ0n) is 12.9. The topological polar surface area (TPSA) is 42.2 Å². The second-order valence-electron chi connectivity index (χ2n) is 4.75. The fraction of sp³-hybridized carbons (Fsp3) is 0.562. The monoisotopic (exact) mass is 417 g/mol. The van der Waals surface area contributed by atoms with Crippen LogP contribution in [0.2, 0.25) is 0 Å². The first-order valence-electron chi connectivity index (χ1n) is 7.08. The van der Waals surface area contributed by atoms with Crippen molar-refractivity contribution >= 4 is 31.9 Å². The number of methoxy groups -OCH3 is 1. The van der Waals surface area contributed by atoms with Gasteiger partial charge in [-0.2, -0.15) is 5.26 Å². The SMILES string of the molecule is CCCOC1=C(OC)CC(=C(C#N)C(C)Br)C(CC)=C1Br. The van der Waals surface area contributed by atoms with Crippen LogP contribution in [0.5, 0.6) is 0 Å². The molecule has 1 aliphatic rings. The number of allylic oxidation sites excluding steroid dienone is 4. The van der Waals surface area contributed by atoms with E-state index in [0.29, 0.717) is 13.0 Å². The Balaban J connectivity index is 3.41. The summed E-state index contributed by atoms with van der Waals surface area (Å²) in [4.78, 5) is 0.00978. The van der Waals surface area contributed by atoms with Crippen LogP contribution in [0.4, 0.5) is 0 Å². The van der Waals surface area contributed by atoms with Crippen LogP contribution in [-0.2, 0) is 9.47 Å². The summed E-state index contributed by atoms with van der Waals surface area (Å²) in [7, 11) is 1.64. The van der Waals surface area contributed by atoms with Crippen molar-refractivity contribution in [2.75, 3.05) is 13.7 Å². The van der Waals surface area contributed by atoms with Crippen LogP contribution in [0.15, 0.2) is 32.7 Å². The Bertz CT molecular complexity index is 525. The van der Waals surface area contributed by atoms with Gasteiger partial charge in [0.2, 0.25) is 0 Å². The number of nitriles is 1. The molecule has 1 rings (SSSR count). The van der Waals surface area contributed by atoms with Gasteiger partial charge in [0, 0.05) is 16.8 Å². The smallest absolute Gasteiger partial charge is 0.171 e. The van der Waals surface area contributed by atoms with Crippen LogP contribution in [0.1, 0.15) is 40.0 Å². The molecule has 21 heavy (non-hydrogen) atoms. The Hall–Kier alpha value is -0.730. The minimum atomic E-state index is 0.00978. The lowest BCUT2D eigenvalue weighted by atomic mass is 9.89. The van der Waals surface area contributed by atoms with E-state index >= 15 is 0 Å². The predicted molar refractivity (Wildman–Crippen MR) is 92.2 cm³/mol. The maximum atomic E-state index is 9.45. The average Bonchev–Trinajstić information content (AvgIpc) is 2.46. The minimum Gasteiger partial charge on any atom is -0.497 e. The zero-order chi connectivity index (χ0) is 16.0. The van der Waals surface area contributed by atoms with E-state index in [1.165, 1.54) is 0 Å². The molecule has 0 aromatic carbocycles. The van der Waals surface area contributed by atoms with Crippen molar-refractivity contribution in [1.29, 1.82) is 5.26 Å². The van der Waals surface area contributed by atoms with E-state index in [2.05, 4.69) is 51.8 Å². The van der Waals surface area contributed by atoms with Gasteiger partial charge in [-0.25, -0.2) is 0 Å². The number of hydrogen-bond donors (Lipinski definition) is 0. The predicted octanol–water partition coefficient (Wildman–Crippen LogP) is 5.34. The third kappa shape index (κ3) is 4.14. The molecule has 0 aromatic heterocycles. The van der Waals surface area contributed by atoms with Crippen molar-refractivity contribution in [3.63, 3.8) is 0 Å². The first kappa shape index (κ1) is 18.3. The van der Waals surface area contributed by atoms with Crippen molar-refractivity contribution < 1.29 is 9.47 Å². The Morgan fingerprint density at radius 2 is 2.10 bits per heavy atom. The first-order chi connectivity index (χ1) is 10.0. The fourth-order valence-corrected chi connectivity index (χ4v) is 3.51. The molecule has 0 saturated heterocycles. The van der Waals surface area contributed by atoms with Crippen molar-refractivity contribution in [3.8, 4) is 6.07 Å². The van der Waals surface area contributed by atoms with Gasteiger partial charge in [0.05, 0.1) is 24.3 Å². The summed E-state index contributed by atoms with van der Waals surface area (Å²) in [5.41, 5.74) is 2.88. The highest BCUT2D eigenvalue weighted by Gasteiger charge is 2.28. The standard InChI is InChI=1S/C16H21Br2NO2/c1-5-7-21-16-14(20-4)8-12(11(6-2)15(16)18)13(9-19)10(3)17/h10H,5-8H2,1-4H3. The van der Waals surface area contributed by atoms with E-state index in [4.69, 9.17) is 9.47 Å². The Morgan fingerprint density at radius 3 is 2.52 bits per heavy atom. The normalized spacial score (nSPS) is 19.3. The third-order valence-corrected chi connectivity index (χ3v) is 4.61. The van der Waals surface area contributed by atoms with Gasteiger partial charge in [-0.1, -0.05) is 29.8 Å². The van der Waals surface area contributed by atoms with E-state index in [1.54, 1.807) is 7.11 Å². The van der Waals surface area contributed by atoms with E-state index < -0.39 is 0 Å². The summed E-state index contributed by atoms with van der Waals surface area (Å²) in [6.07, 6.45) is 2.36. The molecule has 0 heterocycles. The zero-order valence-corrected chi connectivity index (χ0v) is 16.1. The molecule has 0 N–H and O–H groups in total. The maximum Gasteiger partial charge on any atom is 0.171 e. The molecule has 0 bridgehead atoms. The number of nitrogens with zero attached hydrogens (tertiary/aromatic N) is 1. The molecule has 5 heteroatoms. The third-order valence-electron chi connectivity index (χ3n) is 3.31. The molecule has 116 valence electrons. The van der Waals surface area contributed by atoms with Gasteiger partial charge in [0.25, 0.3) is 0 Å². The summed E-state index contributed by atoms with van der Waals surface area (Å²) < 4.78 is 12.2. The average molecular weight is 419 g/mol. The van der Waals surface area contributed by atoms with Gasteiger partial charge in [-0.05, 0) is 46.8 Å². The number of hydrogen-bond acceptors (Lipinski definition) is 3. The summed E-state index contributed by atoms with van der Waals surface area (Å²) in [5, 5.41) is 9.45. The van der Waals surface area contributed by atoms with E-state index in [0.717, 1.165) is 45.6 Å². The highest BCUT2D eigenvalue weighted by molar-refractivity contribution is 9.12. The first-order valence-corrected chi connectivity index (χ1v) is 8.79. The second kappa shape index (κ2) is 8.65. The maximum absolute atomic E-state index is 9.45. The molecule has 1 aliphatic carbocycles. The fourth-order valence-electron chi connectivity index (χ4n) is 2.28. The summed E-state index contributed by atoms with van der Waals surface area (Å²) in [6.45, 7) is 6.76. The van der Waals surface area contributed by atoms with Crippen molar-refractivity contribution in [1.82, 2.24) is 0 Å². The van der Waals surface area contributed by atoms with Gasteiger partial charge in [0.1, 0.15) is 5.76 Å². The molecule has 1 atom stereocenters. The van der Waals surface area contributed by atoms with Crippen LogP contribution >= 0.6 is 31.9 Å². The quantitative estimate of drug-likeness (QED) is 0.432. The van der Waals surface area contributed by atoms with Gasteiger partial charge >= 0.3 is 0 Å². The lowest BCUT2D eigenvalue weighted by Crippen LogP contribution is -2.13. The largest absolute Gasteiger partial charge is 0.497 e. The molecule has 0 aliphatic heterocycles. The Morgan fingerprint density at radius 1 is 1.43 bits per heavy atom. The highest BCUT2D eigenvalue weighted by Crippen LogP contribution is 2.42. The number of rotatable bonds is 6. The molecule has 0 radical (unpaired) electrons. The number of ether oxygens (including phenoxy) is 2. The second-order valence-corrected chi connectivity index (χ2v) is 6.91. The van der Waals surface area contributed by atoms with Crippen LogP contribution in [0, 0.1) is 11.3 Å². The van der Waals surface area contributed by atoms with Crippen molar-refractivity contribution in [2.45, 2.75) is 44.9 Å². The van der Waals surface area contributed by atoms with Gasteiger partial charge in [0.15, 0.2) is 5.76 Å². The van der Waals surface area contributed by atoms with E-state index in [9.17, 15) is 5.26 Å². The molecule has 0 saturated carbocycles. The minimum absolute atomic E-state index is 0.00978. The molecule has 0 fully saturated rings. The van der Waals surface area contributed by atoms with Gasteiger partial charge in [-0.15, -0.1) is 0 Å². The number of alkyl halides is 1.